The zero-order valence-corrected chi connectivity index (χ0v) is 11.3. The fourth-order valence-corrected chi connectivity index (χ4v) is 1.82. The van der Waals surface area contributed by atoms with Crippen LogP contribution in [0, 0.1) is 5.41 Å². The van der Waals surface area contributed by atoms with Gasteiger partial charge in [-0.3, -0.25) is 4.79 Å². The van der Waals surface area contributed by atoms with Crippen molar-refractivity contribution in [1.29, 1.82) is 0 Å². The van der Waals surface area contributed by atoms with E-state index in [4.69, 9.17) is 0 Å². The van der Waals surface area contributed by atoms with Crippen molar-refractivity contribution in [2.45, 2.75) is 20.3 Å². The van der Waals surface area contributed by atoms with Crippen LogP contribution in [-0.4, -0.2) is 32.2 Å². The number of aromatic nitrogens is 3. The van der Waals surface area contributed by atoms with Crippen LogP contribution in [-0.2, 0) is 11.8 Å². The molecule has 0 spiro atoms. The molecule has 2 aromatic heterocycles. The lowest BCUT2D eigenvalue weighted by atomic mass is 9.88. The molecule has 0 aliphatic rings. The molecule has 0 saturated heterocycles. The maximum Gasteiger partial charge on any atom is 0.311 e. The number of carbonyl (C=O) groups is 1. The molecule has 19 heavy (non-hydrogen) atoms. The summed E-state index contributed by atoms with van der Waals surface area (Å²) in [5, 5.41) is 12.4. The average molecular weight is 262 g/mol. The first-order valence-corrected chi connectivity index (χ1v) is 6.21. The van der Waals surface area contributed by atoms with Gasteiger partial charge in [-0.05, 0) is 19.4 Å². The molecule has 2 aromatic rings. The highest BCUT2D eigenvalue weighted by molar-refractivity contribution is 5.86. The van der Waals surface area contributed by atoms with Crippen LogP contribution in [0.15, 0.2) is 18.6 Å². The van der Waals surface area contributed by atoms with Gasteiger partial charge in [0, 0.05) is 19.8 Å². The number of fused-ring (bicyclic) bond motifs is 1. The summed E-state index contributed by atoms with van der Waals surface area (Å²) < 4.78 is 1.90. The molecular weight excluding hydrogens is 244 g/mol. The largest absolute Gasteiger partial charge is 0.481 e. The van der Waals surface area contributed by atoms with Crippen molar-refractivity contribution in [1.82, 2.24) is 14.5 Å². The predicted octanol–water partition coefficient (Wildman–Crippen LogP) is 1.88. The van der Waals surface area contributed by atoms with Gasteiger partial charge in [-0.25, -0.2) is 9.97 Å². The van der Waals surface area contributed by atoms with Gasteiger partial charge in [-0.2, -0.15) is 0 Å². The monoisotopic (exact) mass is 262 g/mol. The lowest BCUT2D eigenvalue weighted by Crippen LogP contribution is -2.34. The van der Waals surface area contributed by atoms with Crippen molar-refractivity contribution in [3.8, 4) is 0 Å². The Bertz CT molecular complexity index is 608. The lowest BCUT2D eigenvalue weighted by molar-refractivity contribution is -0.147. The maximum absolute atomic E-state index is 11.3. The van der Waals surface area contributed by atoms with Crippen molar-refractivity contribution in [2.24, 2.45) is 12.5 Å². The topological polar surface area (TPSA) is 80.0 Å². The van der Waals surface area contributed by atoms with E-state index in [0.29, 0.717) is 18.8 Å². The highest BCUT2D eigenvalue weighted by Gasteiger charge is 2.31. The highest BCUT2D eigenvalue weighted by Crippen LogP contribution is 2.24. The van der Waals surface area contributed by atoms with Crippen LogP contribution in [0.4, 0.5) is 5.82 Å². The first-order valence-electron chi connectivity index (χ1n) is 6.21. The van der Waals surface area contributed by atoms with Crippen LogP contribution in [0.1, 0.15) is 20.3 Å². The van der Waals surface area contributed by atoms with Crippen molar-refractivity contribution in [2.75, 3.05) is 11.9 Å². The quantitative estimate of drug-likeness (QED) is 0.860. The molecule has 0 amide bonds. The van der Waals surface area contributed by atoms with Crippen molar-refractivity contribution < 1.29 is 9.90 Å². The van der Waals surface area contributed by atoms with Gasteiger partial charge >= 0.3 is 5.97 Å². The summed E-state index contributed by atoms with van der Waals surface area (Å²) in [4.78, 5) is 19.8. The summed E-state index contributed by atoms with van der Waals surface area (Å²) in [5.41, 5.74) is 0.915. The first kappa shape index (κ1) is 13.3. The minimum atomic E-state index is -0.810. The lowest BCUT2D eigenvalue weighted by Gasteiger charge is -2.23. The molecule has 2 heterocycles. The zero-order chi connectivity index (χ0) is 14.0. The molecule has 2 rings (SSSR count). The first-order chi connectivity index (χ1) is 8.98. The van der Waals surface area contributed by atoms with Gasteiger partial charge in [0.05, 0.1) is 17.3 Å². The average Bonchev–Trinajstić information content (AvgIpc) is 2.78. The van der Waals surface area contributed by atoms with Gasteiger partial charge in [0.15, 0.2) is 5.82 Å². The summed E-state index contributed by atoms with van der Waals surface area (Å²) in [7, 11) is 1.91. The molecule has 2 N–H and O–H groups in total. The third-order valence-electron chi connectivity index (χ3n) is 3.59. The van der Waals surface area contributed by atoms with E-state index in [1.165, 1.54) is 0 Å². The summed E-state index contributed by atoms with van der Waals surface area (Å²) in [6.07, 6.45) is 3.96. The molecule has 1 unspecified atom stereocenters. The second kappa shape index (κ2) is 4.87. The van der Waals surface area contributed by atoms with Gasteiger partial charge in [0.1, 0.15) is 5.52 Å². The summed E-state index contributed by atoms with van der Waals surface area (Å²) in [6.45, 7) is 3.91. The van der Waals surface area contributed by atoms with E-state index in [-0.39, 0.29) is 0 Å². The standard InChI is InChI=1S/C13H18N4O2/c1-4-13(2,12(18)19)7-15-11-10-9(5-6-14-11)17(3)8-16-10/h5-6,8H,4,7H2,1-3H3,(H,14,15)(H,18,19). The minimum absolute atomic E-state index is 0.321. The third kappa shape index (κ3) is 2.38. The van der Waals surface area contributed by atoms with Crippen LogP contribution in [0.25, 0.3) is 11.0 Å². The Labute approximate surface area is 111 Å². The molecule has 0 saturated carbocycles. The molecule has 6 nitrogen and oxygen atoms in total. The summed E-state index contributed by atoms with van der Waals surface area (Å²) in [5.74, 6) is -0.185. The van der Waals surface area contributed by atoms with Crippen molar-refractivity contribution >= 4 is 22.8 Å². The number of imidazole rings is 1. The number of carboxylic acids is 1. The highest BCUT2D eigenvalue weighted by atomic mass is 16.4. The van der Waals surface area contributed by atoms with E-state index in [1.54, 1.807) is 19.4 Å². The Balaban J connectivity index is 2.25. The number of rotatable bonds is 5. The Morgan fingerprint density at radius 1 is 1.53 bits per heavy atom. The summed E-state index contributed by atoms with van der Waals surface area (Å²) >= 11 is 0. The molecule has 0 aromatic carbocycles. The second-order valence-electron chi connectivity index (χ2n) is 4.96. The van der Waals surface area contributed by atoms with E-state index < -0.39 is 11.4 Å². The summed E-state index contributed by atoms with van der Waals surface area (Å²) in [6, 6.07) is 1.88. The Morgan fingerprint density at radius 2 is 2.26 bits per heavy atom. The van der Waals surface area contributed by atoms with Crippen LogP contribution in [0.3, 0.4) is 0 Å². The number of anilines is 1. The Kier molecular flexibility index (Phi) is 3.42. The van der Waals surface area contributed by atoms with E-state index in [2.05, 4.69) is 15.3 Å². The second-order valence-corrected chi connectivity index (χ2v) is 4.96. The minimum Gasteiger partial charge on any atom is -0.481 e. The van der Waals surface area contributed by atoms with Crippen LogP contribution < -0.4 is 5.32 Å². The number of aliphatic carboxylic acids is 1. The van der Waals surface area contributed by atoms with E-state index in [0.717, 1.165) is 11.0 Å². The maximum atomic E-state index is 11.3. The number of nitrogens with zero attached hydrogens (tertiary/aromatic N) is 3. The van der Waals surface area contributed by atoms with Crippen LogP contribution in [0.5, 0.6) is 0 Å². The van der Waals surface area contributed by atoms with Crippen LogP contribution >= 0.6 is 0 Å². The molecule has 0 radical (unpaired) electrons. The van der Waals surface area contributed by atoms with Crippen LogP contribution in [0.2, 0.25) is 0 Å². The van der Waals surface area contributed by atoms with E-state index >= 15 is 0 Å². The SMILES string of the molecule is CCC(C)(CNc1nccc2c1ncn2C)C(=O)O. The van der Waals surface area contributed by atoms with E-state index in [1.807, 2.05) is 24.6 Å². The van der Waals surface area contributed by atoms with Gasteiger partial charge in [0.25, 0.3) is 0 Å². The van der Waals surface area contributed by atoms with Gasteiger partial charge in [-0.15, -0.1) is 0 Å². The van der Waals surface area contributed by atoms with Gasteiger partial charge in [-0.1, -0.05) is 6.92 Å². The number of aryl methyl sites for hydroxylation is 1. The number of hydrogen-bond acceptors (Lipinski definition) is 4. The van der Waals surface area contributed by atoms with E-state index in [9.17, 15) is 9.90 Å². The third-order valence-corrected chi connectivity index (χ3v) is 3.59. The smallest absolute Gasteiger partial charge is 0.311 e. The molecule has 0 fully saturated rings. The number of hydrogen-bond donors (Lipinski definition) is 2. The number of pyridine rings is 1. The zero-order valence-electron chi connectivity index (χ0n) is 11.3. The molecule has 6 heteroatoms. The molecular formula is C13H18N4O2. The van der Waals surface area contributed by atoms with Crippen molar-refractivity contribution in [3.63, 3.8) is 0 Å². The molecule has 0 aliphatic carbocycles. The fraction of sp³-hybridized carbons (Fsp3) is 0.462. The molecule has 1 atom stereocenters. The van der Waals surface area contributed by atoms with Gasteiger partial charge in [0.2, 0.25) is 0 Å². The predicted molar refractivity (Wildman–Crippen MR) is 73.0 cm³/mol. The normalized spacial score (nSPS) is 14.3. The van der Waals surface area contributed by atoms with Gasteiger partial charge < -0.3 is 15.0 Å². The molecule has 102 valence electrons. The fourth-order valence-electron chi connectivity index (χ4n) is 1.82. The number of nitrogens with one attached hydrogen (secondary N) is 1. The molecule has 0 aliphatic heterocycles. The van der Waals surface area contributed by atoms with Crippen molar-refractivity contribution in [3.05, 3.63) is 18.6 Å². The Hall–Kier alpha value is -2.11. The molecule has 0 bridgehead atoms. The Morgan fingerprint density at radius 3 is 2.89 bits per heavy atom. The number of carboxylic acid groups (broad SMARTS) is 1.